The van der Waals surface area contributed by atoms with Gasteiger partial charge in [0, 0.05) is 22.3 Å². The summed E-state index contributed by atoms with van der Waals surface area (Å²) in [7, 11) is 0. The molecule has 31 heavy (non-hydrogen) atoms. The van der Waals surface area contributed by atoms with Gasteiger partial charge in [-0.3, -0.25) is 4.99 Å². The maximum Gasteiger partial charge on any atom is 1.00 e. The van der Waals surface area contributed by atoms with E-state index in [1.54, 1.807) is 18.2 Å². The number of hydrogen-bond donors (Lipinski definition) is 1. The molecule has 0 aliphatic rings. The molecule has 1 atom stereocenters. The Hall–Kier alpha value is -3.28. The van der Waals surface area contributed by atoms with Gasteiger partial charge in [0.1, 0.15) is 6.04 Å². The third-order valence-electron chi connectivity index (χ3n) is 4.10. The first-order valence-corrected chi connectivity index (χ1v) is 9.28. The predicted octanol–water partition coefficient (Wildman–Crippen LogP) is 0.0702. The largest absolute Gasteiger partial charge is 1.00 e. The first-order chi connectivity index (χ1) is 14.5. The molecule has 0 unspecified atom stereocenters. The third kappa shape index (κ3) is 7.48. The number of carbonyl (C=O) groups is 1. The summed E-state index contributed by atoms with van der Waals surface area (Å²) in [6, 6.07) is 22.8. The Balaban J connectivity index is 0.00000341. The standard InChI is InChI=1S/C26H19NO3.Na/c1-19(26(29)30)27-25(28)24-17-22(14-12-20-8-4-2-5-9-20)16-23(18-24)15-13-21-10-6-3-7-11-21;/h2-11,16-19H,1H3,(H,27,28)(H,29,30);/q;+1/p-1/t19-;/m0./s1. The van der Waals surface area contributed by atoms with Gasteiger partial charge in [-0.2, -0.15) is 0 Å². The van der Waals surface area contributed by atoms with Crippen molar-refractivity contribution in [3.8, 4) is 23.7 Å². The molecule has 5 heteroatoms. The maximum absolute atomic E-state index is 12.5. The van der Waals surface area contributed by atoms with Crippen molar-refractivity contribution in [1.82, 2.24) is 0 Å². The molecule has 1 N–H and O–H groups in total. The summed E-state index contributed by atoms with van der Waals surface area (Å²) in [4.78, 5) is 14.8. The van der Waals surface area contributed by atoms with E-state index in [4.69, 9.17) is 5.11 Å². The molecule has 4 nitrogen and oxygen atoms in total. The first-order valence-electron chi connectivity index (χ1n) is 9.28. The molecule has 146 valence electrons. The van der Waals surface area contributed by atoms with E-state index in [-0.39, 0.29) is 35.1 Å². The van der Waals surface area contributed by atoms with E-state index in [9.17, 15) is 9.90 Å². The van der Waals surface area contributed by atoms with Crippen molar-refractivity contribution in [2.24, 2.45) is 4.99 Å². The van der Waals surface area contributed by atoms with Crippen LogP contribution >= 0.6 is 0 Å². The second-order valence-electron chi connectivity index (χ2n) is 6.48. The molecule has 0 amide bonds. The molecule has 0 aromatic heterocycles. The summed E-state index contributed by atoms with van der Waals surface area (Å²) in [6.45, 7) is 1.36. The average molecular weight is 415 g/mol. The van der Waals surface area contributed by atoms with Gasteiger partial charge >= 0.3 is 35.5 Å². The second kappa shape index (κ2) is 11.8. The summed E-state index contributed by atoms with van der Waals surface area (Å²) >= 11 is 0. The molecule has 0 heterocycles. The van der Waals surface area contributed by atoms with Gasteiger partial charge in [-0.15, -0.1) is 0 Å². The van der Waals surface area contributed by atoms with Gasteiger partial charge in [0.2, 0.25) is 0 Å². The zero-order chi connectivity index (χ0) is 21.3. The molecular formula is C26H18NNaO3. The summed E-state index contributed by atoms with van der Waals surface area (Å²) in [5.41, 5.74) is 3.13. The van der Waals surface area contributed by atoms with Crippen LogP contribution in [0, 0.1) is 23.7 Å². The molecule has 0 radical (unpaired) electrons. The van der Waals surface area contributed by atoms with Crippen LogP contribution in [-0.2, 0) is 4.79 Å². The van der Waals surface area contributed by atoms with Crippen LogP contribution in [0.1, 0.15) is 34.7 Å². The zero-order valence-corrected chi connectivity index (χ0v) is 19.3. The minimum Gasteiger partial charge on any atom is -0.858 e. The fourth-order valence-electron chi connectivity index (χ4n) is 2.53. The van der Waals surface area contributed by atoms with E-state index in [0.29, 0.717) is 11.1 Å². The average Bonchev–Trinajstić information content (AvgIpc) is 2.77. The van der Waals surface area contributed by atoms with E-state index in [1.165, 1.54) is 6.92 Å². The van der Waals surface area contributed by atoms with E-state index >= 15 is 0 Å². The normalized spacial score (nSPS) is 11.1. The zero-order valence-electron chi connectivity index (χ0n) is 17.3. The number of hydrogen-bond acceptors (Lipinski definition) is 3. The summed E-state index contributed by atoms with van der Waals surface area (Å²) in [5, 5.41) is 21.5. The summed E-state index contributed by atoms with van der Waals surface area (Å²) in [6.07, 6.45) is 0. The minimum atomic E-state index is -1.16. The van der Waals surface area contributed by atoms with Crippen LogP contribution in [0.3, 0.4) is 0 Å². The van der Waals surface area contributed by atoms with Gasteiger partial charge in [-0.1, -0.05) is 60.1 Å². The number of aliphatic carboxylic acids is 1. The Morgan fingerprint density at radius 3 is 1.65 bits per heavy atom. The van der Waals surface area contributed by atoms with Crippen LogP contribution < -0.4 is 34.7 Å². The van der Waals surface area contributed by atoms with Gasteiger partial charge in [0.05, 0.1) is 0 Å². The number of carboxylic acid groups (broad SMARTS) is 1. The number of nitrogens with zero attached hydrogens (tertiary/aromatic N) is 1. The first kappa shape index (κ1) is 24.0. The van der Waals surface area contributed by atoms with Crippen LogP contribution in [0.5, 0.6) is 0 Å². The van der Waals surface area contributed by atoms with Gasteiger partial charge in [-0.05, 0) is 60.8 Å². The van der Waals surface area contributed by atoms with Gasteiger partial charge in [0.25, 0.3) is 0 Å². The van der Waals surface area contributed by atoms with Crippen molar-refractivity contribution in [3.63, 3.8) is 0 Å². The molecule has 3 aromatic rings. The van der Waals surface area contributed by atoms with E-state index in [0.717, 1.165) is 11.1 Å². The number of benzene rings is 3. The molecule has 3 rings (SSSR count). The topological polar surface area (TPSA) is 72.7 Å². The SMILES string of the molecule is C[C@H](N=C([O-])c1cc(C#Cc2ccccc2)cc(C#Cc2ccccc2)c1)C(=O)O.[Na+]. The van der Waals surface area contributed by atoms with Crippen molar-refractivity contribution in [1.29, 1.82) is 0 Å². The van der Waals surface area contributed by atoms with Crippen LogP contribution in [-0.4, -0.2) is 23.0 Å². The maximum atomic E-state index is 12.5. The van der Waals surface area contributed by atoms with E-state index < -0.39 is 17.9 Å². The van der Waals surface area contributed by atoms with Gasteiger partial charge in [-0.25, -0.2) is 4.79 Å². The Labute approximate surface area is 204 Å². The molecule has 0 bridgehead atoms. The molecule has 0 fully saturated rings. The molecule has 0 saturated heterocycles. The molecular weight excluding hydrogens is 397 g/mol. The Kier molecular flexibility index (Phi) is 9.13. The molecule has 3 aromatic carbocycles. The Bertz CT molecular complexity index is 1120. The van der Waals surface area contributed by atoms with Gasteiger partial charge in [0.15, 0.2) is 0 Å². The van der Waals surface area contributed by atoms with Crippen LogP contribution in [0.15, 0.2) is 83.9 Å². The van der Waals surface area contributed by atoms with Crippen molar-refractivity contribution in [2.45, 2.75) is 13.0 Å². The van der Waals surface area contributed by atoms with E-state index in [2.05, 4.69) is 28.7 Å². The quantitative estimate of drug-likeness (QED) is 0.285. The second-order valence-corrected chi connectivity index (χ2v) is 6.48. The summed E-state index contributed by atoms with van der Waals surface area (Å²) in [5.74, 6) is 10.4. The monoisotopic (exact) mass is 415 g/mol. The molecule has 0 spiro atoms. The van der Waals surface area contributed by atoms with Crippen molar-refractivity contribution < 1.29 is 44.6 Å². The fourth-order valence-corrected chi connectivity index (χ4v) is 2.53. The summed E-state index contributed by atoms with van der Waals surface area (Å²) < 4.78 is 0. The van der Waals surface area contributed by atoms with Crippen molar-refractivity contribution >= 4 is 11.9 Å². The number of aliphatic imine (C=N–C) groups is 1. The molecule has 0 saturated carbocycles. The predicted molar refractivity (Wildman–Crippen MR) is 115 cm³/mol. The van der Waals surface area contributed by atoms with Crippen LogP contribution in [0.2, 0.25) is 0 Å². The smallest absolute Gasteiger partial charge is 0.858 e. The van der Waals surface area contributed by atoms with Gasteiger partial charge < -0.3 is 10.2 Å². The third-order valence-corrected chi connectivity index (χ3v) is 4.10. The Morgan fingerprint density at radius 1 is 0.806 bits per heavy atom. The fraction of sp³-hybridized carbons (Fsp3) is 0.0769. The van der Waals surface area contributed by atoms with Crippen LogP contribution in [0.4, 0.5) is 0 Å². The number of carboxylic acids is 1. The van der Waals surface area contributed by atoms with Crippen molar-refractivity contribution in [2.75, 3.05) is 0 Å². The number of rotatable bonds is 3. The molecule has 0 aliphatic heterocycles. The van der Waals surface area contributed by atoms with Crippen LogP contribution in [0.25, 0.3) is 0 Å². The van der Waals surface area contributed by atoms with E-state index in [1.807, 2.05) is 60.7 Å². The Morgan fingerprint density at radius 2 is 1.23 bits per heavy atom. The van der Waals surface area contributed by atoms with Crippen molar-refractivity contribution in [3.05, 3.63) is 107 Å². The molecule has 0 aliphatic carbocycles. The minimum absolute atomic E-state index is 0.